The third-order valence-electron chi connectivity index (χ3n) is 3.69. The molecule has 0 N–H and O–H groups in total. The van der Waals surface area contributed by atoms with Gasteiger partial charge in [0.15, 0.2) is 0 Å². The number of hydrogen-bond donors (Lipinski definition) is 0. The van der Waals surface area contributed by atoms with Crippen LogP contribution in [-0.2, 0) is 10.0 Å². The predicted molar refractivity (Wildman–Crippen MR) is 87.3 cm³/mol. The largest absolute Gasteiger partial charge is 0.301 e. The highest BCUT2D eigenvalue weighted by Crippen LogP contribution is 2.12. The van der Waals surface area contributed by atoms with E-state index in [-0.39, 0.29) is 0 Å². The van der Waals surface area contributed by atoms with Crippen LogP contribution in [0.1, 0.15) is 18.4 Å². The zero-order valence-corrected chi connectivity index (χ0v) is 13.4. The van der Waals surface area contributed by atoms with Crippen molar-refractivity contribution in [3.8, 4) is 6.07 Å². The fourth-order valence-electron chi connectivity index (χ4n) is 2.40. The van der Waals surface area contributed by atoms with Gasteiger partial charge in [-0.3, -0.25) is 0 Å². The smallest absolute Gasteiger partial charge is 0.236 e. The van der Waals surface area contributed by atoms with Crippen molar-refractivity contribution in [2.45, 2.75) is 12.8 Å². The molecule has 6 heteroatoms. The number of nitrogens with zero attached hydrogens (tertiary/aromatic N) is 3. The Hall–Kier alpha value is -1.68. The third-order valence-corrected chi connectivity index (χ3v) is 5.25. The van der Waals surface area contributed by atoms with Crippen molar-refractivity contribution in [3.63, 3.8) is 0 Å². The Morgan fingerprint density at radius 2 is 1.82 bits per heavy atom. The topological polar surface area (TPSA) is 64.4 Å². The molecule has 1 saturated heterocycles. The van der Waals surface area contributed by atoms with Gasteiger partial charge in [-0.2, -0.15) is 9.57 Å². The molecule has 5 nitrogen and oxygen atoms in total. The van der Waals surface area contributed by atoms with Crippen LogP contribution in [0.2, 0.25) is 0 Å². The molecule has 1 aliphatic rings. The molecule has 0 saturated carbocycles. The number of sulfonamides is 1. The quantitative estimate of drug-likeness (QED) is 0.751. The zero-order valence-electron chi connectivity index (χ0n) is 12.6. The molecule has 1 heterocycles. The predicted octanol–water partition coefficient (Wildman–Crippen LogP) is 1.91. The van der Waals surface area contributed by atoms with E-state index in [4.69, 9.17) is 5.26 Å². The molecule has 0 radical (unpaired) electrons. The van der Waals surface area contributed by atoms with E-state index in [1.54, 1.807) is 6.08 Å². The highest BCUT2D eigenvalue weighted by molar-refractivity contribution is 7.92. The summed E-state index contributed by atoms with van der Waals surface area (Å²) in [5.74, 6) is 0. The second kappa shape index (κ2) is 8.08. The van der Waals surface area contributed by atoms with Gasteiger partial charge in [-0.05, 0) is 24.6 Å². The number of nitriles is 1. The summed E-state index contributed by atoms with van der Waals surface area (Å²) in [5, 5.41) is 9.82. The highest BCUT2D eigenvalue weighted by Gasteiger charge is 2.24. The lowest BCUT2D eigenvalue weighted by molar-refractivity contribution is 0.188. The Balaban J connectivity index is 1.87. The minimum absolute atomic E-state index is 0.508. The van der Waals surface area contributed by atoms with Gasteiger partial charge in [0, 0.05) is 38.0 Å². The molecule has 0 bridgehead atoms. The van der Waals surface area contributed by atoms with E-state index in [2.05, 4.69) is 11.0 Å². The Kier molecular flexibility index (Phi) is 6.13. The van der Waals surface area contributed by atoms with Crippen molar-refractivity contribution in [1.29, 1.82) is 5.26 Å². The molecule has 1 aromatic rings. The first-order chi connectivity index (χ1) is 10.6. The summed E-state index contributed by atoms with van der Waals surface area (Å²) in [6, 6.07) is 11.5. The Morgan fingerprint density at radius 3 is 2.45 bits per heavy atom. The van der Waals surface area contributed by atoms with Crippen LogP contribution in [0.4, 0.5) is 0 Å². The second-order valence-corrected chi connectivity index (χ2v) is 7.08. The fourth-order valence-corrected chi connectivity index (χ4v) is 3.58. The lowest BCUT2D eigenvalue weighted by Crippen LogP contribution is -2.48. The van der Waals surface area contributed by atoms with Gasteiger partial charge >= 0.3 is 0 Å². The van der Waals surface area contributed by atoms with Crippen LogP contribution in [0.15, 0.2) is 35.7 Å². The number of piperazine rings is 1. The number of benzene rings is 1. The highest BCUT2D eigenvalue weighted by atomic mass is 32.2. The summed E-state index contributed by atoms with van der Waals surface area (Å²) in [7, 11) is -3.36. The molecule has 1 aliphatic heterocycles. The monoisotopic (exact) mass is 319 g/mol. The summed E-state index contributed by atoms with van der Waals surface area (Å²) in [5.41, 5.74) is 0.876. The number of unbranched alkanes of at least 4 members (excludes halogenated alkanes) is 1. The van der Waals surface area contributed by atoms with Gasteiger partial charge in [-0.25, -0.2) is 8.42 Å². The lowest BCUT2D eigenvalue weighted by Gasteiger charge is -2.33. The van der Waals surface area contributed by atoms with Crippen LogP contribution in [0.3, 0.4) is 0 Å². The fraction of sp³-hybridized carbons (Fsp3) is 0.438. The third kappa shape index (κ3) is 4.95. The summed E-state index contributed by atoms with van der Waals surface area (Å²) >= 11 is 0. The van der Waals surface area contributed by atoms with Gasteiger partial charge in [0.25, 0.3) is 0 Å². The molecule has 0 unspecified atom stereocenters. The summed E-state index contributed by atoms with van der Waals surface area (Å²) in [4.78, 5) is 2.21. The molecular formula is C16H21N3O2S. The number of rotatable bonds is 6. The molecular weight excluding hydrogens is 298 g/mol. The van der Waals surface area contributed by atoms with Crippen molar-refractivity contribution >= 4 is 16.1 Å². The van der Waals surface area contributed by atoms with Gasteiger partial charge in [-0.15, -0.1) is 0 Å². The van der Waals surface area contributed by atoms with Crippen LogP contribution in [-0.4, -0.2) is 50.3 Å². The molecule has 0 aliphatic carbocycles. The molecule has 0 spiro atoms. The molecule has 22 heavy (non-hydrogen) atoms. The van der Waals surface area contributed by atoms with Gasteiger partial charge in [0.05, 0.1) is 6.07 Å². The van der Waals surface area contributed by atoms with Crippen molar-refractivity contribution in [3.05, 3.63) is 41.3 Å². The van der Waals surface area contributed by atoms with Crippen LogP contribution in [0, 0.1) is 11.3 Å². The van der Waals surface area contributed by atoms with Crippen molar-refractivity contribution in [2.24, 2.45) is 0 Å². The SMILES string of the molecule is N#CCCCN1CCN(S(=O)(=O)/C=C/c2ccccc2)CC1. The zero-order chi connectivity index (χ0) is 15.8. The van der Waals surface area contributed by atoms with E-state index in [1.165, 1.54) is 9.71 Å². The van der Waals surface area contributed by atoms with E-state index in [0.717, 1.165) is 31.6 Å². The summed E-state index contributed by atoms with van der Waals surface area (Å²) < 4.78 is 26.1. The first kappa shape index (κ1) is 16.7. The minimum atomic E-state index is -3.36. The maximum absolute atomic E-state index is 12.3. The van der Waals surface area contributed by atoms with Gasteiger partial charge in [-0.1, -0.05) is 30.3 Å². The summed E-state index contributed by atoms with van der Waals surface area (Å²) in [6.45, 7) is 3.33. The average Bonchev–Trinajstić information content (AvgIpc) is 2.55. The van der Waals surface area contributed by atoms with Crippen LogP contribution in [0.25, 0.3) is 6.08 Å². The molecule has 0 aromatic heterocycles. The van der Waals surface area contributed by atoms with Crippen molar-refractivity contribution < 1.29 is 8.42 Å². The Morgan fingerprint density at radius 1 is 1.14 bits per heavy atom. The van der Waals surface area contributed by atoms with E-state index in [9.17, 15) is 8.42 Å². The van der Waals surface area contributed by atoms with E-state index in [0.29, 0.717) is 19.5 Å². The van der Waals surface area contributed by atoms with Crippen molar-refractivity contribution in [1.82, 2.24) is 9.21 Å². The molecule has 118 valence electrons. The van der Waals surface area contributed by atoms with Gasteiger partial charge in [0.1, 0.15) is 0 Å². The lowest BCUT2D eigenvalue weighted by atomic mass is 10.2. The average molecular weight is 319 g/mol. The van der Waals surface area contributed by atoms with Crippen LogP contribution in [0.5, 0.6) is 0 Å². The molecule has 2 rings (SSSR count). The van der Waals surface area contributed by atoms with Crippen LogP contribution >= 0.6 is 0 Å². The van der Waals surface area contributed by atoms with E-state index < -0.39 is 10.0 Å². The Bertz CT molecular complexity index is 627. The minimum Gasteiger partial charge on any atom is -0.301 e. The molecule has 0 amide bonds. The first-order valence-electron chi connectivity index (χ1n) is 7.44. The molecule has 0 atom stereocenters. The van der Waals surface area contributed by atoms with E-state index in [1.807, 2.05) is 30.3 Å². The number of hydrogen-bond acceptors (Lipinski definition) is 4. The van der Waals surface area contributed by atoms with E-state index >= 15 is 0 Å². The maximum atomic E-state index is 12.3. The van der Waals surface area contributed by atoms with Gasteiger partial charge in [0.2, 0.25) is 10.0 Å². The van der Waals surface area contributed by atoms with Gasteiger partial charge < -0.3 is 4.90 Å². The van der Waals surface area contributed by atoms with Crippen molar-refractivity contribution in [2.75, 3.05) is 32.7 Å². The molecule has 1 fully saturated rings. The first-order valence-corrected chi connectivity index (χ1v) is 8.95. The Labute approximate surface area is 132 Å². The standard InChI is InChI=1S/C16H21N3O2S/c17-9-4-5-10-18-11-13-19(14-12-18)22(20,21)15-8-16-6-2-1-3-7-16/h1-3,6-8,15H,4-5,10-14H2/b15-8+. The maximum Gasteiger partial charge on any atom is 0.236 e. The summed E-state index contributed by atoms with van der Waals surface area (Å²) in [6.07, 6.45) is 3.03. The molecule has 1 aromatic carbocycles. The van der Waals surface area contributed by atoms with Crippen LogP contribution < -0.4 is 0 Å². The second-order valence-electron chi connectivity index (χ2n) is 5.26. The normalized spacial score (nSPS) is 17.6.